The van der Waals surface area contributed by atoms with Crippen molar-refractivity contribution in [1.82, 2.24) is 4.98 Å². The number of halogens is 2. The molecule has 0 bridgehead atoms. The van der Waals surface area contributed by atoms with E-state index in [4.69, 9.17) is 21.1 Å². The zero-order valence-electron chi connectivity index (χ0n) is 11.8. The molecular weight excluding hydrogens is 295 g/mol. The first-order chi connectivity index (χ1) is 10.1. The van der Waals surface area contributed by atoms with Crippen LogP contribution in [-0.2, 0) is 0 Å². The zero-order valence-corrected chi connectivity index (χ0v) is 12.6. The summed E-state index contributed by atoms with van der Waals surface area (Å²) in [7, 11) is 0. The van der Waals surface area contributed by atoms with Crippen molar-refractivity contribution < 1.29 is 13.9 Å². The standard InChI is InChI=1S/C15H16ClFN2O2/c1-3-20-11-5-6-14(21-4-2)13(8-11)19-15-12(17)7-10(16)9-18-15/h5-9H,3-4H2,1-2H3,(H,18,19). The molecular formula is C15H16ClFN2O2. The summed E-state index contributed by atoms with van der Waals surface area (Å²) < 4.78 is 24.8. The van der Waals surface area contributed by atoms with Gasteiger partial charge in [0.05, 0.1) is 23.9 Å². The summed E-state index contributed by atoms with van der Waals surface area (Å²) in [5.74, 6) is 0.802. The van der Waals surface area contributed by atoms with E-state index in [1.54, 1.807) is 18.2 Å². The van der Waals surface area contributed by atoms with E-state index in [1.165, 1.54) is 12.3 Å². The monoisotopic (exact) mass is 310 g/mol. The van der Waals surface area contributed by atoms with Crippen LogP contribution in [0.25, 0.3) is 0 Å². The van der Waals surface area contributed by atoms with Gasteiger partial charge in [0.15, 0.2) is 11.6 Å². The predicted molar refractivity (Wildman–Crippen MR) is 81.3 cm³/mol. The third-order valence-electron chi connectivity index (χ3n) is 2.62. The molecule has 1 aromatic heterocycles. The first kappa shape index (κ1) is 15.4. The van der Waals surface area contributed by atoms with Crippen LogP contribution in [0.5, 0.6) is 11.5 Å². The molecule has 0 aliphatic heterocycles. The Bertz CT molecular complexity index is 623. The van der Waals surface area contributed by atoms with Gasteiger partial charge in [-0.1, -0.05) is 11.6 Å². The van der Waals surface area contributed by atoms with Gasteiger partial charge < -0.3 is 14.8 Å². The van der Waals surface area contributed by atoms with E-state index in [9.17, 15) is 4.39 Å². The fourth-order valence-electron chi connectivity index (χ4n) is 1.78. The lowest BCUT2D eigenvalue weighted by atomic mass is 10.2. The second kappa shape index (κ2) is 7.13. The van der Waals surface area contributed by atoms with Crippen molar-refractivity contribution in [3.63, 3.8) is 0 Å². The molecule has 21 heavy (non-hydrogen) atoms. The topological polar surface area (TPSA) is 43.4 Å². The minimum atomic E-state index is -0.535. The molecule has 0 radical (unpaired) electrons. The largest absolute Gasteiger partial charge is 0.494 e. The van der Waals surface area contributed by atoms with Crippen LogP contribution >= 0.6 is 11.6 Å². The highest BCUT2D eigenvalue weighted by atomic mass is 35.5. The Morgan fingerprint density at radius 2 is 1.95 bits per heavy atom. The fraction of sp³-hybridized carbons (Fsp3) is 0.267. The van der Waals surface area contributed by atoms with Gasteiger partial charge in [-0.2, -0.15) is 0 Å². The maximum Gasteiger partial charge on any atom is 0.167 e. The summed E-state index contributed by atoms with van der Waals surface area (Å²) in [6.07, 6.45) is 1.37. The first-order valence-electron chi connectivity index (χ1n) is 6.61. The molecule has 0 amide bonds. The molecule has 1 aromatic carbocycles. The third kappa shape index (κ3) is 3.98. The molecule has 1 heterocycles. The van der Waals surface area contributed by atoms with E-state index >= 15 is 0 Å². The average Bonchev–Trinajstić information content (AvgIpc) is 2.45. The van der Waals surface area contributed by atoms with E-state index < -0.39 is 5.82 Å². The van der Waals surface area contributed by atoms with Crippen LogP contribution in [0.15, 0.2) is 30.5 Å². The summed E-state index contributed by atoms with van der Waals surface area (Å²) in [6.45, 7) is 4.81. The summed E-state index contributed by atoms with van der Waals surface area (Å²) in [5, 5.41) is 3.14. The number of hydrogen-bond donors (Lipinski definition) is 1. The summed E-state index contributed by atoms with van der Waals surface area (Å²) in [4.78, 5) is 3.94. The van der Waals surface area contributed by atoms with Gasteiger partial charge in [0, 0.05) is 12.3 Å². The quantitative estimate of drug-likeness (QED) is 0.858. The van der Waals surface area contributed by atoms with Crippen LogP contribution in [-0.4, -0.2) is 18.2 Å². The second-order valence-electron chi connectivity index (χ2n) is 4.13. The Labute approximate surface area is 127 Å². The lowest BCUT2D eigenvalue weighted by Crippen LogP contribution is -2.02. The number of pyridine rings is 1. The molecule has 0 unspecified atom stereocenters. The molecule has 0 fully saturated rings. The highest BCUT2D eigenvalue weighted by molar-refractivity contribution is 6.30. The van der Waals surface area contributed by atoms with Gasteiger partial charge in [-0.25, -0.2) is 9.37 Å². The van der Waals surface area contributed by atoms with Gasteiger partial charge in [-0.05, 0) is 32.0 Å². The Hall–Kier alpha value is -2.01. The molecule has 2 rings (SSSR count). The van der Waals surface area contributed by atoms with Crippen molar-refractivity contribution in [3.8, 4) is 11.5 Å². The predicted octanol–water partition coefficient (Wildman–Crippen LogP) is 4.42. The Morgan fingerprint density at radius 3 is 2.62 bits per heavy atom. The lowest BCUT2D eigenvalue weighted by Gasteiger charge is -2.14. The molecule has 112 valence electrons. The van der Waals surface area contributed by atoms with Crippen LogP contribution in [0.3, 0.4) is 0 Å². The maximum absolute atomic E-state index is 13.8. The number of rotatable bonds is 6. The smallest absolute Gasteiger partial charge is 0.167 e. The summed E-state index contributed by atoms with van der Waals surface area (Å²) >= 11 is 5.69. The van der Waals surface area contributed by atoms with Gasteiger partial charge in [-0.3, -0.25) is 0 Å². The van der Waals surface area contributed by atoms with Gasteiger partial charge in [0.1, 0.15) is 11.5 Å². The van der Waals surface area contributed by atoms with Crippen molar-refractivity contribution in [3.05, 3.63) is 41.3 Å². The number of benzene rings is 1. The number of hydrogen-bond acceptors (Lipinski definition) is 4. The van der Waals surface area contributed by atoms with Crippen LogP contribution in [0, 0.1) is 5.82 Å². The Kier molecular flexibility index (Phi) is 5.22. The number of anilines is 2. The minimum absolute atomic E-state index is 0.0778. The molecule has 0 aliphatic rings. The summed E-state index contributed by atoms with van der Waals surface area (Å²) in [5.41, 5.74) is 0.580. The number of nitrogens with one attached hydrogen (secondary N) is 1. The number of ether oxygens (including phenoxy) is 2. The normalized spacial score (nSPS) is 10.3. The van der Waals surface area contributed by atoms with Crippen molar-refractivity contribution >= 4 is 23.1 Å². The molecule has 0 aliphatic carbocycles. The zero-order chi connectivity index (χ0) is 15.2. The van der Waals surface area contributed by atoms with Gasteiger partial charge in [0.25, 0.3) is 0 Å². The van der Waals surface area contributed by atoms with Gasteiger partial charge >= 0.3 is 0 Å². The third-order valence-corrected chi connectivity index (χ3v) is 2.83. The first-order valence-corrected chi connectivity index (χ1v) is 6.99. The SMILES string of the molecule is CCOc1ccc(OCC)c(Nc2ncc(Cl)cc2F)c1. The molecule has 0 atom stereocenters. The molecule has 4 nitrogen and oxygen atoms in total. The van der Waals surface area contributed by atoms with Gasteiger partial charge in [0.2, 0.25) is 0 Å². The Morgan fingerprint density at radius 1 is 1.19 bits per heavy atom. The van der Waals surface area contributed by atoms with Crippen molar-refractivity contribution in [2.75, 3.05) is 18.5 Å². The average molecular weight is 311 g/mol. The van der Waals surface area contributed by atoms with Gasteiger partial charge in [-0.15, -0.1) is 0 Å². The van der Waals surface area contributed by atoms with Crippen molar-refractivity contribution in [2.24, 2.45) is 0 Å². The molecule has 0 saturated heterocycles. The van der Waals surface area contributed by atoms with Crippen LogP contribution in [0.1, 0.15) is 13.8 Å². The van der Waals surface area contributed by atoms with E-state index in [2.05, 4.69) is 10.3 Å². The number of nitrogens with zero attached hydrogens (tertiary/aromatic N) is 1. The molecule has 0 saturated carbocycles. The van der Waals surface area contributed by atoms with E-state index in [0.717, 1.165) is 0 Å². The van der Waals surface area contributed by atoms with Crippen molar-refractivity contribution in [2.45, 2.75) is 13.8 Å². The minimum Gasteiger partial charge on any atom is -0.494 e. The molecule has 2 aromatic rings. The highest BCUT2D eigenvalue weighted by Crippen LogP contribution is 2.32. The van der Waals surface area contributed by atoms with Crippen LogP contribution in [0.2, 0.25) is 5.02 Å². The van der Waals surface area contributed by atoms with E-state index in [0.29, 0.717) is 30.4 Å². The molecule has 1 N–H and O–H groups in total. The number of aromatic nitrogens is 1. The highest BCUT2D eigenvalue weighted by Gasteiger charge is 2.10. The fourth-order valence-corrected chi connectivity index (χ4v) is 1.92. The van der Waals surface area contributed by atoms with Crippen molar-refractivity contribution in [1.29, 1.82) is 0 Å². The van der Waals surface area contributed by atoms with E-state index in [1.807, 2.05) is 13.8 Å². The maximum atomic E-state index is 13.8. The summed E-state index contributed by atoms with van der Waals surface area (Å²) in [6, 6.07) is 6.50. The Balaban J connectivity index is 2.33. The van der Waals surface area contributed by atoms with E-state index in [-0.39, 0.29) is 10.8 Å². The lowest BCUT2D eigenvalue weighted by molar-refractivity contribution is 0.332. The van der Waals surface area contributed by atoms with Crippen LogP contribution < -0.4 is 14.8 Å². The van der Waals surface area contributed by atoms with Crippen LogP contribution in [0.4, 0.5) is 15.9 Å². The molecule has 0 spiro atoms. The second-order valence-corrected chi connectivity index (χ2v) is 4.57. The molecule has 6 heteroatoms.